The third-order valence-electron chi connectivity index (χ3n) is 6.05. The van der Waals surface area contributed by atoms with Crippen LogP contribution in [-0.2, 0) is 17.9 Å². The second-order valence-electron chi connectivity index (χ2n) is 8.62. The Labute approximate surface area is 184 Å². The zero-order valence-electron chi connectivity index (χ0n) is 19.1. The fraction of sp³-hybridized carbons (Fsp3) is 0.458. The quantitative estimate of drug-likeness (QED) is 0.612. The van der Waals surface area contributed by atoms with Crippen LogP contribution in [0.1, 0.15) is 11.1 Å². The highest BCUT2D eigenvalue weighted by molar-refractivity contribution is 5.76. The van der Waals surface area contributed by atoms with Crippen molar-refractivity contribution in [3.63, 3.8) is 0 Å². The second-order valence-corrected chi connectivity index (χ2v) is 8.62. The van der Waals surface area contributed by atoms with Gasteiger partial charge in [0.05, 0.1) is 12.7 Å². The van der Waals surface area contributed by atoms with E-state index in [1.165, 1.54) is 15.9 Å². The molecule has 2 aromatic rings. The van der Waals surface area contributed by atoms with Crippen LogP contribution in [0.3, 0.4) is 0 Å². The van der Waals surface area contributed by atoms with Crippen molar-refractivity contribution in [2.75, 3.05) is 65.9 Å². The number of piperazine rings is 1. The summed E-state index contributed by atoms with van der Waals surface area (Å²) in [6.45, 7) is 5.66. The van der Waals surface area contributed by atoms with E-state index in [1.54, 1.807) is 19.2 Å². The molecule has 1 fully saturated rings. The summed E-state index contributed by atoms with van der Waals surface area (Å²) in [5.41, 5.74) is 3.19. The van der Waals surface area contributed by atoms with Crippen LogP contribution in [0.5, 0.6) is 5.75 Å². The fourth-order valence-electron chi connectivity index (χ4n) is 4.08. The molecule has 2 aromatic carbocycles. The molecule has 6 nitrogen and oxygen atoms in total. The Bertz CT molecular complexity index is 864. The minimum absolute atomic E-state index is 0.168. The van der Waals surface area contributed by atoms with Crippen LogP contribution in [0.25, 0.3) is 0 Å². The molecule has 2 N–H and O–H groups in total. The monoisotopic (exact) mass is 430 g/mol. The number of amides is 1. The number of nitrogens with zero attached hydrogens (tertiary/aromatic N) is 2. The van der Waals surface area contributed by atoms with Gasteiger partial charge in [-0.15, -0.1) is 0 Å². The number of rotatable bonds is 8. The van der Waals surface area contributed by atoms with E-state index in [1.807, 2.05) is 26.0 Å². The molecule has 1 amide bonds. The first-order valence-electron chi connectivity index (χ1n) is 10.9. The molecular weight excluding hydrogens is 395 g/mol. The predicted octanol–water partition coefficient (Wildman–Crippen LogP) is -0.158. The zero-order chi connectivity index (χ0) is 22.4. The average Bonchev–Trinajstić information content (AvgIpc) is 2.75. The van der Waals surface area contributed by atoms with E-state index >= 15 is 0 Å². The molecule has 0 radical (unpaired) electrons. The molecule has 31 heavy (non-hydrogen) atoms. The van der Waals surface area contributed by atoms with Crippen LogP contribution in [-0.4, -0.2) is 71.8 Å². The molecule has 3 rings (SSSR count). The number of carbonyl (C=O) groups is 1. The summed E-state index contributed by atoms with van der Waals surface area (Å²) in [6, 6.07) is 13.0. The van der Waals surface area contributed by atoms with Gasteiger partial charge in [0.25, 0.3) is 5.91 Å². The van der Waals surface area contributed by atoms with Crippen molar-refractivity contribution in [2.45, 2.75) is 13.1 Å². The number of likely N-dealkylation sites (N-methyl/N-ethyl adjacent to an activating group) is 1. The van der Waals surface area contributed by atoms with Crippen molar-refractivity contribution in [1.82, 2.24) is 4.90 Å². The maximum atomic E-state index is 13.6. The SMILES string of the molecule is COc1ccc(F)cc1C[NH+]1CC[NH+](CC(=O)N(C)Cc2ccc(N(C)C)cc2)CC1. The van der Waals surface area contributed by atoms with Gasteiger partial charge in [0.1, 0.15) is 44.3 Å². The minimum Gasteiger partial charge on any atom is -0.496 e. The number of nitrogens with one attached hydrogen (secondary N) is 2. The standard InChI is InChI=1S/C24H33FN4O2/c1-26(2)22-8-5-19(6-9-22)16-27(3)24(30)18-29-13-11-28(12-14-29)17-20-15-21(25)7-10-23(20)31-4/h5-10,15H,11-14,16-18H2,1-4H3/p+2. The Morgan fingerprint density at radius 2 is 1.65 bits per heavy atom. The topological polar surface area (TPSA) is 41.7 Å². The number of hydrogen-bond acceptors (Lipinski definition) is 3. The number of methoxy groups -OCH3 is 1. The number of quaternary nitrogens is 2. The van der Waals surface area contributed by atoms with E-state index in [2.05, 4.69) is 29.2 Å². The number of ether oxygens (including phenoxy) is 1. The van der Waals surface area contributed by atoms with Gasteiger partial charge < -0.3 is 24.3 Å². The van der Waals surface area contributed by atoms with Crippen LogP contribution in [0.15, 0.2) is 42.5 Å². The van der Waals surface area contributed by atoms with Crippen LogP contribution < -0.4 is 19.4 Å². The van der Waals surface area contributed by atoms with E-state index in [-0.39, 0.29) is 11.7 Å². The van der Waals surface area contributed by atoms with Crippen molar-refractivity contribution < 1.29 is 23.7 Å². The second kappa shape index (κ2) is 10.6. The molecule has 1 saturated heterocycles. The van der Waals surface area contributed by atoms with E-state index in [0.717, 1.165) is 55.3 Å². The third kappa shape index (κ3) is 6.42. The van der Waals surface area contributed by atoms with Gasteiger partial charge in [0.2, 0.25) is 0 Å². The summed E-state index contributed by atoms with van der Waals surface area (Å²) in [7, 11) is 7.53. The lowest BCUT2D eigenvalue weighted by Gasteiger charge is -2.30. The lowest BCUT2D eigenvalue weighted by molar-refractivity contribution is -1.02. The lowest BCUT2D eigenvalue weighted by atomic mass is 10.1. The molecule has 1 aliphatic rings. The van der Waals surface area contributed by atoms with Crippen molar-refractivity contribution in [3.05, 3.63) is 59.4 Å². The molecule has 168 valence electrons. The van der Waals surface area contributed by atoms with Crippen LogP contribution in [0.2, 0.25) is 0 Å². The molecule has 0 unspecified atom stereocenters. The average molecular weight is 431 g/mol. The summed E-state index contributed by atoms with van der Waals surface area (Å²) < 4.78 is 19.0. The number of halogens is 1. The maximum absolute atomic E-state index is 13.6. The molecule has 0 aliphatic carbocycles. The van der Waals surface area contributed by atoms with Gasteiger partial charge in [-0.2, -0.15) is 0 Å². The summed E-state index contributed by atoms with van der Waals surface area (Å²) in [6.07, 6.45) is 0. The van der Waals surface area contributed by atoms with Crippen molar-refractivity contribution in [3.8, 4) is 5.75 Å². The first-order chi connectivity index (χ1) is 14.9. The summed E-state index contributed by atoms with van der Waals surface area (Å²) in [5.74, 6) is 0.672. The number of carbonyl (C=O) groups excluding carboxylic acids is 1. The fourth-order valence-corrected chi connectivity index (χ4v) is 4.08. The molecule has 1 aliphatic heterocycles. The Balaban J connectivity index is 1.45. The Kier molecular flexibility index (Phi) is 7.87. The van der Waals surface area contributed by atoms with E-state index in [0.29, 0.717) is 13.1 Å². The smallest absolute Gasteiger partial charge is 0.277 e. The van der Waals surface area contributed by atoms with Gasteiger partial charge in [-0.05, 0) is 35.9 Å². The van der Waals surface area contributed by atoms with E-state index in [4.69, 9.17) is 4.74 Å². The Hall–Kier alpha value is -2.64. The van der Waals surface area contributed by atoms with Crippen LogP contribution >= 0.6 is 0 Å². The van der Waals surface area contributed by atoms with Crippen LogP contribution in [0, 0.1) is 5.82 Å². The number of anilines is 1. The normalized spacial score (nSPS) is 18.5. The molecule has 0 saturated carbocycles. The van der Waals surface area contributed by atoms with Gasteiger partial charge in [-0.3, -0.25) is 4.79 Å². The third-order valence-corrected chi connectivity index (χ3v) is 6.05. The Morgan fingerprint density at radius 3 is 2.26 bits per heavy atom. The van der Waals surface area contributed by atoms with Crippen molar-refractivity contribution in [2.24, 2.45) is 0 Å². The van der Waals surface area contributed by atoms with Gasteiger partial charge in [-0.1, -0.05) is 12.1 Å². The molecular formula is C24H35FN4O2+2. The largest absolute Gasteiger partial charge is 0.496 e. The van der Waals surface area contributed by atoms with E-state index < -0.39 is 0 Å². The molecule has 0 spiro atoms. The van der Waals surface area contributed by atoms with Crippen LogP contribution in [0.4, 0.5) is 10.1 Å². The number of hydrogen-bond donors (Lipinski definition) is 2. The highest BCUT2D eigenvalue weighted by atomic mass is 19.1. The van der Waals surface area contributed by atoms with Crippen molar-refractivity contribution in [1.29, 1.82) is 0 Å². The van der Waals surface area contributed by atoms with Crippen molar-refractivity contribution >= 4 is 11.6 Å². The number of benzene rings is 2. The van der Waals surface area contributed by atoms with Gasteiger partial charge in [0, 0.05) is 33.4 Å². The first-order valence-corrected chi connectivity index (χ1v) is 10.9. The van der Waals surface area contributed by atoms with Gasteiger partial charge in [-0.25, -0.2) is 4.39 Å². The first kappa shape index (κ1) is 23.0. The molecule has 0 aromatic heterocycles. The Morgan fingerprint density at radius 1 is 1.00 bits per heavy atom. The molecule has 1 heterocycles. The lowest BCUT2D eigenvalue weighted by Crippen LogP contribution is -3.28. The van der Waals surface area contributed by atoms with Gasteiger partial charge in [0.15, 0.2) is 6.54 Å². The maximum Gasteiger partial charge on any atom is 0.277 e. The summed E-state index contributed by atoms with van der Waals surface area (Å²) in [5, 5.41) is 0. The molecule has 0 bridgehead atoms. The molecule has 0 atom stereocenters. The van der Waals surface area contributed by atoms with E-state index in [9.17, 15) is 9.18 Å². The summed E-state index contributed by atoms with van der Waals surface area (Å²) in [4.78, 5) is 19.3. The molecule has 7 heteroatoms. The highest BCUT2D eigenvalue weighted by Crippen LogP contribution is 2.18. The highest BCUT2D eigenvalue weighted by Gasteiger charge is 2.26. The minimum atomic E-state index is -0.232. The van der Waals surface area contributed by atoms with Gasteiger partial charge >= 0.3 is 0 Å². The summed E-state index contributed by atoms with van der Waals surface area (Å²) >= 11 is 0. The predicted molar refractivity (Wildman–Crippen MR) is 120 cm³/mol. The zero-order valence-corrected chi connectivity index (χ0v) is 19.1.